The molecule has 1 aliphatic rings. The zero-order valence-electron chi connectivity index (χ0n) is 25.9. The number of hydrogen-bond acceptors (Lipinski definition) is 2. The Morgan fingerprint density at radius 3 is 2.03 bits per heavy atom. The van der Waals surface area contributed by atoms with Gasteiger partial charge in [-0.1, -0.05) is 109 Å². The van der Waals surface area contributed by atoms with Crippen molar-refractivity contribution >= 4 is 28.4 Å². The van der Waals surface area contributed by atoms with Crippen LogP contribution < -0.4 is 0 Å². The first-order valence-electron chi connectivity index (χ1n) is 13.5. The largest absolute Gasteiger partial charge is 0.169 e. The minimum atomic E-state index is 0.122. The predicted octanol–water partition coefficient (Wildman–Crippen LogP) is 12.0. The van der Waals surface area contributed by atoms with Gasteiger partial charge in [0.05, 0.1) is 0 Å². The maximum absolute atomic E-state index is 4.02. The molecule has 2 heteroatoms. The molecule has 1 aromatic carbocycles. The number of allylic oxidation sites excluding steroid dienone is 6. The van der Waals surface area contributed by atoms with Gasteiger partial charge in [0, 0.05) is 9.65 Å². The summed E-state index contributed by atoms with van der Waals surface area (Å²) in [5.74, 6) is 0.551. The standard InChI is InChI=1S/C23H36S.C9H14.C2H6S/c1-11-23(9,10)15-18(5)21(24-22(6,7)8)20-14-19(16(2)3)13-12-17(20)4;1-3-9-6-4-8(2)5-7-9;1-3-2/h11-14,16H,1,15H2,2-10H3;4,6H,3,5,7H2,1-2H3;1-2H3/b21-18-;;. The zero-order chi connectivity index (χ0) is 28.1. The number of hydrogen-bond donors (Lipinski definition) is 0. The Kier molecular flexibility index (Phi) is 16.1. The second-order valence-corrected chi connectivity index (χ2v) is 14.7. The van der Waals surface area contributed by atoms with Crippen molar-refractivity contribution in [3.05, 3.63) is 76.4 Å². The summed E-state index contributed by atoms with van der Waals surface area (Å²) in [6.07, 6.45) is 15.5. The maximum atomic E-state index is 4.02. The SMILES string of the molecule is C=CC(C)(C)C/C(C)=C(\SC(C)(C)C)c1cc(C(C)C)ccc1C.CCC1=CC=C(C)CC1.CSC. The van der Waals surface area contributed by atoms with Crippen molar-refractivity contribution in [3.8, 4) is 0 Å². The van der Waals surface area contributed by atoms with Crippen LogP contribution in [-0.2, 0) is 0 Å². The molecule has 0 unspecified atom stereocenters. The highest BCUT2D eigenvalue weighted by molar-refractivity contribution is 8.09. The third kappa shape index (κ3) is 14.0. The number of thioether (sulfide) groups is 2. The average molecular weight is 529 g/mol. The average Bonchev–Trinajstić information content (AvgIpc) is 2.78. The summed E-state index contributed by atoms with van der Waals surface area (Å²) in [5, 5.41) is 0. The van der Waals surface area contributed by atoms with E-state index in [2.05, 4.69) is 119 Å². The van der Waals surface area contributed by atoms with Gasteiger partial charge >= 0.3 is 0 Å². The van der Waals surface area contributed by atoms with E-state index in [9.17, 15) is 0 Å². The van der Waals surface area contributed by atoms with Crippen molar-refractivity contribution in [2.75, 3.05) is 12.5 Å². The third-order valence-electron chi connectivity index (χ3n) is 6.14. The molecule has 0 heterocycles. The first kappa shape index (κ1) is 34.9. The van der Waals surface area contributed by atoms with E-state index in [4.69, 9.17) is 0 Å². The van der Waals surface area contributed by atoms with Crippen molar-refractivity contribution in [3.63, 3.8) is 0 Å². The summed E-state index contributed by atoms with van der Waals surface area (Å²) in [7, 11) is 0. The molecule has 0 N–H and O–H groups in total. The fourth-order valence-corrected chi connectivity index (χ4v) is 5.03. The minimum absolute atomic E-state index is 0.122. The molecule has 2 rings (SSSR count). The molecule has 0 radical (unpaired) electrons. The van der Waals surface area contributed by atoms with Crippen molar-refractivity contribution in [1.82, 2.24) is 0 Å². The van der Waals surface area contributed by atoms with E-state index in [-0.39, 0.29) is 10.2 Å². The molecular weight excluding hydrogens is 473 g/mol. The van der Waals surface area contributed by atoms with Crippen molar-refractivity contribution < 1.29 is 0 Å². The molecule has 1 aliphatic carbocycles. The summed E-state index contributed by atoms with van der Waals surface area (Å²) in [6, 6.07) is 6.95. The molecule has 0 amide bonds. The van der Waals surface area contributed by atoms with Gasteiger partial charge < -0.3 is 0 Å². The van der Waals surface area contributed by atoms with Crippen LogP contribution in [0.2, 0.25) is 0 Å². The summed E-state index contributed by atoms with van der Waals surface area (Å²) >= 11 is 3.74. The summed E-state index contributed by atoms with van der Waals surface area (Å²) in [4.78, 5) is 1.44. The number of rotatable bonds is 7. The summed E-state index contributed by atoms with van der Waals surface area (Å²) in [5.41, 5.74) is 8.88. The second kappa shape index (κ2) is 16.7. The van der Waals surface area contributed by atoms with E-state index in [0.717, 1.165) is 6.42 Å². The smallest absolute Gasteiger partial charge is 0.0142 e. The van der Waals surface area contributed by atoms with Gasteiger partial charge in [-0.25, -0.2) is 0 Å². The Labute approximate surface area is 234 Å². The molecular formula is C34H56S2. The second-order valence-electron chi connectivity index (χ2n) is 12.0. The molecule has 1 aromatic rings. The van der Waals surface area contributed by atoms with E-state index in [1.165, 1.54) is 52.0 Å². The first-order valence-corrected chi connectivity index (χ1v) is 15.9. The van der Waals surface area contributed by atoms with E-state index in [1.807, 2.05) is 24.3 Å². The lowest BCUT2D eigenvalue weighted by Gasteiger charge is -2.27. The lowest BCUT2D eigenvalue weighted by atomic mass is 9.85. The summed E-state index contributed by atoms with van der Waals surface area (Å²) in [6.45, 7) is 28.9. The Bertz CT molecular complexity index is 902. The van der Waals surface area contributed by atoms with Crippen LogP contribution in [0.5, 0.6) is 0 Å². The topological polar surface area (TPSA) is 0 Å². The molecule has 0 atom stereocenters. The van der Waals surface area contributed by atoms with Gasteiger partial charge in [0.15, 0.2) is 0 Å². The lowest BCUT2D eigenvalue weighted by molar-refractivity contribution is 0.478. The monoisotopic (exact) mass is 528 g/mol. The Morgan fingerprint density at radius 1 is 1.03 bits per heavy atom. The van der Waals surface area contributed by atoms with Crippen LogP contribution in [0.1, 0.15) is 118 Å². The summed E-state index contributed by atoms with van der Waals surface area (Å²) < 4.78 is 0.190. The quantitative estimate of drug-likeness (QED) is 0.323. The van der Waals surface area contributed by atoms with Crippen LogP contribution >= 0.6 is 23.5 Å². The van der Waals surface area contributed by atoms with E-state index >= 15 is 0 Å². The molecule has 0 aliphatic heterocycles. The molecule has 204 valence electrons. The normalized spacial score (nSPS) is 14.5. The molecule has 0 spiro atoms. The predicted molar refractivity (Wildman–Crippen MR) is 175 cm³/mol. The Morgan fingerprint density at radius 2 is 1.61 bits per heavy atom. The van der Waals surface area contributed by atoms with Crippen molar-refractivity contribution in [2.45, 2.75) is 113 Å². The highest BCUT2D eigenvalue weighted by Crippen LogP contribution is 2.44. The molecule has 0 fully saturated rings. The van der Waals surface area contributed by atoms with Gasteiger partial charge in [0.25, 0.3) is 0 Å². The van der Waals surface area contributed by atoms with Crippen LogP contribution in [0, 0.1) is 12.3 Å². The van der Waals surface area contributed by atoms with Crippen molar-refractivity contribution in [1.29, 1.82) is 0 Å². The molecule has 0 nitrogen and oxygen atoms in total. The lowest BCUT2D eigenvalue weighted by Crippen LogP contribution is -2.11. The van der Waals surface area contributed by atoms with E-state index in [0.29, 0.717) is 5.92 Å². The van der Waals surface area contributed by atoms with Gasteiger partial charge in [-0.2, -0.15) is 11.8 Å². The Hall–Kier alpha value is -1.12. The maximum Gasteiger partial charge on any atom is 0.0142 e. The van der Waals surface area contributed by atoms with Crippen LogP contribution in [0.25, 0.3) is 4.91 Å². The van der Waals surface area contributed by atoms with Crippen LogP contribution in [0.4, 0.5) is 0 Å². The first-order chi connectivity index (χ1) is 16.6. The van der Waals surface area contributed by atoms with Gasteiger partial charge in [0.1, 0.15) is 0 Å². The Balaban J connectivity index is 0.000000838. The number of aryl methyl sites for hydroxylation is 1. The van der Waals surface area contributed by atoms with Gasteiger partial charge in [-0.05, 0) is 87.0 Å². The van der Waals surface area contributed by atoms with Crippen LogP contribution in [-0.4, -0.2) is 17.3 Å². The fraction of sp³-hybridized carbons (Fsp3) is 0.588. The molecule has 36 heavy (non-hydrogen) atoms. The van der Waals surface area contributed by atoms with E-state index < -0.39 is 0 Å². The highest BCUT2D eigenvalue weighted by Gasteiger charge is 2.22. The van der Waals surface area contributed by atoms with Crippen LogP contribution in [0.3, 0.4) is 0 Å². The number of benzene rings is 1. The van der Waals surface area contributed by atoms with Gasteiger partial charge in [-0.3, -0.25) is 0 Å². The minimum Gasteiger partial charge on any atom is -0.169 e. The molecule has 0 saturated carbocycles. The molecule has 0 aromatic heterocycles. The van der Waals surface area contributed by atoms with Crippen molar-refractivity contribution in [2.24, 2.45) is 5.41 Å². The van der Waals surface area contributed by atoms with E-state index in [1.54, 1.807) is 17.3 Å². The fourth-order valence-electron chi connectivity index (χ4n) is 3.84. The highest BCUT2D eigenvalue weighted by atomic mass is 32.2. The van der Waals surface area contributed by atoms with Crippen LogP contribution in [0.15, 0.2) is 59.7 Å². The molecule has 0 bridgehead atoms. The van der Waals surface area contributed by atoms with Gasteiger partial charge in [-0.15, -0.1) is 18.3 Å². The zero-order valence-corrected chi connectivity index (χ0v) is 27.5. The van der Waals surface area contributed by atoms with Gasteiger partial charge in [0.2, 0.25) is 0 Å². The molecule has 0 saturated heterocycles. The third-order valence-corrected chi connectivity index (χ3v) is 7.53.